The van der Waals surface area contributed by atoms with Gasteiger partial charge in [0.25, 0.3) is 0 Å². The van der Waals surface area contributed by atoms with Crippen molar-refractivity contribution in [3.63, 3.8) is 0 Å². The van der Waals surface area contributed by atoms with Crippen LogP contribution in [0, 0.1) is 5.82 Å². The molecule has 0 bridgehead atoms. The topological polar surface area (TPSA) is 79.8 Å². The van der Waals surface area contributed by atoms with Crippen molar-refractivity contribution in [2.75, 3.05) is 7.05 Å². The Kier molecular flexibility index (Phi) is 6.94. The van der Waals surface area contributed by atoms with E-state index in [9.17, 15) is 14.0 Å². The van der Waals surface area contributed by atoms with Crippen LogP contribution in [-0.4, -0.2) is 25.1 Å². The summed E-state index contributed by atoms with van der Waals surface area (Å²) >= 11 is 12.3. The first kappa shape index (κ1) is 19.7. The summed E-state index contributed by atoms with van der Waals surface area (Å²) in [4.78, 5) is 22.3. The number of amides is 2. The average molecular weight is 398 g/mol. The van der Waals surface area contributed by atoms with Crippen molar-refractivity contribution >= 4 is 41.2 Å². The minimum atomic E-state index is -0.911. The Morgan fingerprint density at radius 3 is 2.46 bits per heavy atom. The van der Waals surface area contributed by atoms with Gasteiger partial charge in [-0.1, -0.05) is 41.4 Å². The first-order valence-electron chi connectivity index (χ1n) is 7.32. The van der Waals surface area contributed by atoms with Crippen molar-refractivity contribution in [1.82, 2.24) is 10.7 Å². The van der Waals surface area contributed by atoms with Crippen molar-refractivity contribution in [3.05, 3.63) is 63.4 Å². The monoisotopic (exact) mass is 397 g/mol. The lowest BCUT2D eigenvalue weighted by molar-refractivity contribution is -0.138. The number of halogens is 3. The van der Waals surface area contributed by atoms with Crippen molar-refractivity contribution in [2.45, 2.75) is 6.61 Å². The third-order valence-electron chi connectivity index (χ3n) is 3.16. The van der Waals surface area contributed by atoms with E-state index in [1.807, 2.05) is 5.43 Å². The third kappa shape index (κ3) is 5.18. The SMILES string of the molecule is CNC(=O)C(=O)N/N=C\c1cc(Cl)c(OCc2ccccc2F)c(Cl)c1. The minimum Gasteiger partial charge on any atom is -0.486 e. The summed E-state index contributed by atoms with van der Waals surface area (Å²) in [6, 6.07) is 9.19. The molecule has 136 valence electrons. The first-order valence-corrected chi connectivity index (χ1v) is 8.08. The van der Waals surface area contributed by atoms with E-state index in [1.54, 1.807) is 18.2 Å². The number of hydrogen-bond acceptors (Lipinski definition) is 4. The first-order chi connectivity index (χ1) is 12.4. The molecule has 0 saturated heterocycles. The smallest absolute Gasteiger partial charge is 0.329 e. The summed E-state index contributed by atoms with van der Waals surface area (Å²) in [5.41, 5.74) is 2.88. The molecule has 0 aliphatic carbocycles. The summed E-state index contributed by atoms with van der Waals surface area (Å²) in [5, 5.41) is 6.17. The number of nitrogens with zero attached hydrogens (tertiary/aromatic N) is 1. The molecule has 26 heavy (non-hydrogen) atoms. The number of carbonyl (C=O) groups is 2. The van der Waals surface area contributed by atoms with Gasteiger partial charge in [0.2, 0.25) is 0 Å². The van der Waals surface area contributed by atoms with Crippen molar-refractivity contribution < 1.29 is 18.7 Å². The molecule has 6 nitrogen and oxygen atoms in total. The largest absolute Gasteiger partial charge is 0.486 e. The molecule has 0 heterocycles. The van der Waals surface area contributed by atoms with Gasteiger partial charge in [-0.2, -0.15) is 5.10 Å². The van der Waals surface area contributed by atoms with Gasteiger partial charge in [-0.25, -0.2) is 9.82 Å². The fraction of sp³-hybridized carbons (Fsp3) is 0.118. The van der Waals surface area contributed by atoms with Crippen molar-refractivity contribution in [2.24, 2.45) is 5.10 Å². The van der Waals surface area contributed by atoms with Crippen LogP contribution in [-0.2, 0) is 16.2 Å². The van der Waals surface area contributed by atoms with E-state index in [-0.39, 0.29) is 22.4 Å². The molecular weight excluding hydrogens is 384 g/mol. The minimum absolute atomic E-state index is 0.0399. The molecule has 0 saturated carbocycles. The van der Waals surface area contributed by atoms with Crippen LogP contribution in [0.2, 0.25) is 10.0 Å². The van der Waals surface area contributed by atoms with Crippen LogP contribution in [0.5, 0.6) is 5.75 Å². The number of ether oxygens (including phenoxy) is 1. The summed E-state index contributed by atoms with van der Waals surface area (Å²) < 4.78 is 19.1. The standard InChI is InChI=1S/C17H14Cl2FN3O3/c1-21-16(24)17(25)23-22-8-10-6-12(18)15(13(19)7-10)26-9-11-4-2-3-5-14(11)20/h2-8H,9H2,1H3,(H,21,24)(H,23,25)/b22-8-. The maximum atomic E-state index is 13.6. The number of rotatable bonds is 5. The molecule has 2 rings (SSSR count). The quantitative estimate of drug-likeness (QED) is 0.462. The lowest BCUT2D eigenvalue weighted by atomic mass is 10.2. The maximum absolute atomic E-state index is 13.6. The maximum Gasteiger partial charge on any atom is 0.329 e. The lowest BCUT2D eigenvalue weighted by Crippen LogP contribution is -2.35. The summed E-state index contributed by atoms with van der Waals surface area (Å²) in [6.45, 7) is -0.0399. The predicted octanol–water partition coefficient (Wildman–Crippen LogP) is 2.91. The van der Waals surface area contributed by atoms with Crippen LogP contribution in [0.4, 0.5) is 4.39 Å². The summed E-state index contributed by atoms with van der Waals surface area (Å²) in [6.07, 6.45) is 1.26. The Labute approximate surface area is 158 Å². The van der Waals surface area contributed by atoms with Gasteiger partial charge in [-0.3, -0.25) is 9.59 Å². The molecule has 0 aliphatic rings. The van der Waals surface area contributed by atoms with E-state index >= 15 is 0 Å². The fourth-order valence-electron chi connectivity index (χ4n) is 1.89. The van der Waals surface area contributed by atoms with E-state index in [4.69, 9.17) is 27.9 Å². The van der Waals surface area contributed by atoms with Crippen LogP contribution < -0.4 is 15.5 Å². The van der Waals surface area contributed by atoms with Gasteiger partial charge in [0.1, 0.15) is 12.4 Å². The second-order valence-corrected chi connectivity index (χ2v) is 5.79. The molecule has 9 heteroatoms. The molecule has 2 aromatic rings. The van der Waals surface area contributed by atoms with E-state index in [0.717, 1.165) is 0 Å². The van der Waals surface area contributed by atoms with Gasteiger partial charge in [0.05, 0.1) is 16.3 Å². The molecule has 2 amide bonds. The zero-order valence-electron chi connectivity index (χ0n) is 13.6. The highest BCUT2D eigenvalue weighted by atomic mass is 35.5. The van der Waals surface area contributed by atoms with Gasteiger partial charge >= 0.3 is 11.8 Å². The summed E-state index contributed by atoms with van der Waals surface area (Å²) in [7, 11) is 1.32. The highest BCUT2D eigenvalue weighted by Gasteiger charge is 2.12. The lowest BCUT2D eigenvalue weighted by Gasteiger charge is -2.11. The second-order valence-electron chi connectivity index (χ2n) is 4.97. The van der Waals surface area contributed by atoms with E-state index < -0.39 is 17.6 Å². The van der Waals surface area contributed by atoms with E-state index in [1.165, 1.54) is 31.5 Å². The Morgan fingerprint density at radius 1 is 1.19 bits per heavy atom. The predicted molar refractivity (Wildman–Crippen MR) is 97.0 cm³/mol. The number of carbonyl (C=O) groups excluding carboxylic acids is 2. The Hall–Kier alpha value is -2.64. The van der Waals surface area contributed by atoms with Gasteiger partial charge < -0.3 is 10.1 Å². The Balaban J connectivity index is 2.07. The van der Waals surface area contributed by atoms with E-state index in [0.29, 0.717) is 11.1 Å². The van der Waals surface area contributed by atoms with Crippen LogP contribution >= 0.6 is 23.2 Å². The Morgan fingerprint density at radius 2 is 1.85 bits per heavy atom. The molecule has 0 spiro atoms. The normalized spacial score (nSPS) is 10.6. The molecule has 0 radical (unpaired) electrons. The van der Waals surface area contributed by atoms with E-state index in [2.05, 4.69) is 10.4 Å². The van der Waals surface area contributed by atoms with Crippen LogP contribution in [0.25, 0.3) is 0 Å². The molecule has 0 fully saturated rings. The van der Waals surface area contributed by atoms with Gasteiger partial charge in [0.15, 0.2) is 5.75 Å². The highest BCUT2D eigenvalue weighted by Crippen LogP contribution is 2.34. The van der Waals surface area contributed by atoms with Crippen molar-refractivity contribution in [3.8, 4) is 5.75 Å². The summed E-state index contributed by atoms with van der Waals surface area (Å²) in [5.74, 6) is -1.93. The van der Waals surface area contributed by atoms with Crippen LogP contribution in [0.3, 0.4) is 0 Å². The number of hydrogen-bond donors (Lipinski definition) is 2. The highest BCUT2D eigenvalue weighted by molar-refractivity contribution is 6.37. The molecular formula is C17H14Cl2FN3O3. The van der Waals surface area contributed by atoms with Crippen LogP contribution in [0.1, 0.15) is 11.1 Å². The number of benzene rings is 2. The van der Waals surface area contributed by atoms with Gasteiger partial charge in [-0.15, -0.1) is 0 Å². The van der Waals surface area contributed by atoms with Gasteiger partial charge in [0, 0.05) is 12.6 Å². The average Bonchev–Trinajstić information content (AvgIpc) is 2.61. The Bertz CT molecular complexity index is 836. The number of likely N-dealkylation sites (N-methyl/N-ethyl adjacent to an activating group) is 1. The molecule has 0 unspecified atom stereocenters. The zero-order valence-corrected chi connectivity index (χ0v) is 15.1. The molecule has 2 aromatic carbocycles. The molecule has 0 atom stereocenters. The number of hydrazone groups is 1. The molecule has 0 aliphatic heterocycles. The van der Waals surface area contributed by atoms with Crippen molar-refractivity contribution in [1.29, 1.82) is 0 Å². The number of nitrogens with one attached hydrogen (secondary N) is 2. The second kappa shape index (κ2) is 9.17. The van der Waals surface area contributed by atoms with Gasteiger partial charge in [-0.05, 0) is 23.8 Å². The zero-order chi connectivity index (χ0) is 19.1. The molecule has 0 aromatic heterocycles. The molecule has 2 N–H and O–H groups in total. The third-order valence-corrected chi connectivity index (χ3v) is 3.72. The fourth-order valence-corrected chi connectivity index (χ4v) is 2.50. The van der Waals surface area contributed by atoms with Crippen LogP contribution in [0.15, 0.2) is 41.5 Å².